The lowest BCUT2D eigenvalue weighted by molar-refractivity contribution is -0.140. The normalized spacial score (nSPS) is 12.4. The Morgan fingerprint density at radius 2 is 2.04 bits per heavy atom. The smallest absolute Gasteiger partial charge is 0.341 e. The minimum Gasteiger partial charge on any atom is -0.469 e. The minimum absolute atomic E-state index is 0.242. The second-order valence-electron chi connectivity index (χ2n) is 5.11. The van der Waals surface area contributed by atoms with Crippen molar-refractivity contribution in [1.29, 1.82) is 0 Å². The fraction of sp³-hybridized carbons (Fsp3) is 0.533. The van der Waals surface area contributed by atoms with Crippen molar-refractivity contribution in [2.24, 2.45) is 0 Å². The highest BCUT2D eigenvalue weighted by Gasteiger charge is 2.27. The zero-order valence-corrected chi connectivity index (χ0v) is 14.8. The van der Waals surface area contributed by atoms with Gasteiger partial charge in [0.1, 0.15) is 5.00 Å². The molecular weight excluding hydrogens is 336 g/mol. The molecule has 0 saturated heterocycles. The second kappa shape index (κ2) is 8.26. The Labute approximate surface area is 144 Å². The Balaban J connectivity index is 1.93. The van der Waals surface area contributed by atoms with Crippen molar-refractivity contribution in [3.05, 3.63) is 16.0 Å². The van der Waals surface area contributed by atoms with E-state index in [9.17, 15) is 9.59 Å². The number of hydrogen-bond acceptors (Lipinski definition) is 6. The third-order valence-corrected chi connectivity index (χ3v) is 5.06. The SMILES string of the molecule is COC(=O)CCCNC(=S)Nc1sc2c(c1C(=O)OC)CCC2. The van der Waals surface area contributed by atoms with Crippen molar-refractivity contribution < 1.29 is 19.1 Å². The quantitative estimate of drug-likeness (QED) is 0.460. The number of nitrogens with one attached hydrogen (secondary N) is 2. The van der Waals surface area contributed by atoms with Crippen LogP contribution in [0.2, 0.25) is 0 Å². The van der Waals surface area contributed by atoms with Gasteiger partial charge in [-0.15, -0.1) is 11.3 Å². The summed E-state index contributed by atoms with van der Waals surface area (Å²) >= 11 is 6.80. The number of fused-ring (bicyclic) bond motifs is 1. The van der Waals surface area contributed by atoms with E-state index in [-0.39, 0.29) is 11.9 Å². The molecule has 8 heteroatoms. The molecule has 0 aliphatic heterocycles. The molecule has 126 valence electrons. The summed E-state index contributed by atoms with van der Waals surface area (Å²) in [6.07, 6.45) is 3.93. The number of aryl methyl sites for hydroxylation is 1. The van der Waals surface area contributed by atoms with Gasteiger partial charge in [-0.3, -0.25) is 4.79 Å². The molecule has 0 atom stereocenters. The van der Waals surface area contributed by atoms with Crippen LogP contribution in [-0.4, -0.2) is 37.8 Å². The summed E-state index contributed by atoms with van der Waals surface area (Å²) in [7, 11) is 2.75. The molecule has 1 aliphatic carbocycles. The summed E-state index contributed by atoms with van der Waals surface area (Å²) in [5.74, 6) is -0.575. The summed E-state index contributed by atoms with van der Waals surface area (Å²) in [6, 6.07) is 0. The summed E-state index contributed by atoms with van der Waals surface area (Å²) < 4.78 is 9.47. The third kappa shape index (κ3) is 4.42. The summed E-state index contributed by atoms with van der Waals surface area (Å²) in [5, 5.41) is 7.26. The maximum absolute atomic E-state index is 12.0. The first kappa shape index (κ1) is 17.7. The van der Waals surface area contributed by atoms with Crippen LogP contribution in [0.4, 0.5) is 5.00 Å². The average molecular weight is 356 g/mol. The molecule has 1 aliphatic rings. The van der Waals surface area contributed by atoms with Crippen LogP contribution in [0.1, 0.15) is 40.1 Å². The molecule has 0 spiro atoms. The number of anilines is 1. The van der Waals surface area contributed by atoms with Gasteiger partial charge in [-0.2, -0.15) is 0 Å². The van der Waals surface area contributed by atoms with E-state index in [0.717, 1.165) is 29.8 Å². The topological polar surface area (TPSA) is 76.7 Å². The molecule has 2 N–H and O–H groups in total. The van der Waals surface area contributed by atoms with Crippen LogP contribution in [0.25, 0.3) is 0 Å². The van der Waals surface area contributed by atoms with Crippen LogP contribution in [-0.2, 0) is 27.1 Å². The molecule has 0 amide bonds. The van der Waals surface area contributed by atoms with Crippen molar-refractivity contribution in [3.63, 3.8) is 0 Å². The van der Waals surface area contributed by atoms with Gasteiger partial charge in [0.15, 0.2) is 5.11 Å². The zero-order valence-electron chi connectivity index (χ0n) is 13.2. The number of hydrogen-bond donors (Lipinski definition) is 2. The number of ether oxygens (including phenoxy) is 2. The van der Waals surface area contributed by atoms with Gasteiger partial charge in [-0.05, 0) is 43.5 Å². The van der Waals surface area contributed by atoms with Crippen LogP contribution in [0.15, 0.2) is 0 Å². The van der Waals surface area contributed by atoms with Gasteiger partial charge in [0.05, 0.1) is 19.8 Å². The largest absolute Gasteiger partial charge is 0.469 e. The number of methoxy groups -OCH3 is 2. The Hall–Kier alpha value is -1.67. The van der Waals surface area contributed by atoms with Gasteiger partial charge < -0.3 is 20.1 Å². The summed E-state index contributed by atoms with van der Waals surface area (Å²) in [5.41, 5.74) is 1.68. The first-order chi connectivity index (χ1) is 11.1. The number of esters is 2. The van der Waals surface area contributed by atoms with Crippen molar-refractivity contribution in [2.45, 2.75) is 32.1 Å². The van der Waals surface area contributed by atoms with Crippen LogP contribution in [0, 0.1) is 0 Å². The third-order valence-electron chi connectivity index (χ3n) is 3.61. The molecular formula is C15H20N2O4S2. The molecule has 6 nitrogen and oxygen atoms in total. The van der Waals surface area contributed by atoms with Crippen molar-refractivity contribution in [2.75, 3.05) is 26.1 Å². The van der Waals surface area contributed by atoms with Gasteiger partial charge in [-0.25, -0.2) is 4.79 Å². The number of carbonyl (C=O) groups is 2. The monoisotopic (exact) mass is 356 g/mol. The predicted molar refractivity (Wildman–Crippen MR) is 93.2 cm³/mol. The minimum atomic E-state index is -0.333. The van der Waals surface area contributed by atoms with Crippen LogP contribution >= 0.6 is 23.6 Å². The lowest BCUT2D eigenvalue weighted by atomic mass is 10.1. The molecule has 1 heterocycles. The van der Waals surface area contributed by atoms with E-state index in [2.05, 4.69) is 15.4 Å². The van der Waals surface area contributed by atoms with E-state index >= 15 is 0 Å². The average Bonchev–Trinajstić information content (AvgIpc) is 3.11. The Kier molecular flexibility index (Phi) is 6.35. The van der Waals surface area contributed by atoms with E-state index in [0.29, 0.717) is 30.1 Å². The standard InChI is InChI=1S/C15H20N2O4S2/c1-20-11(18)7-4-8-16-15(22)17-13-12(14(19)21-2)9-5-3-6-10(9)23-13/h3-8H2,1-2H3,(H2,16,17,22). The molecule has 0 radical (unpaired) electrons. The highest BCUT2D eigenvalue weighted by atomic mass is 32.1. The maximum Gasteiger partial charge on any atom is 0.341 e. The first-order valence-electron chi connectivity index (χ1n) is 7.41. The van der Waals surface area contributed by atoms with Crippen molar-refractivity contribution >= 4 is 45.6 Å². The second-order valence-corrected chi connectivity index (χ2v) is 6.63. The fourth-order valence-corrected chi connectivity index (χ4v) is 4.04. The highest BCUT2D eigenvalue weighted by molar-refractivity contribution is 7.80. The molecule has 1 aromatic heterocycles. The van der Waals surface area contributed by atoms with Gasteiger partial charge in [0.2, 0.25) is 0 Å². The van der Waals surface area contributed by atoms with Gasteiger partial charge in [-0.1, -0.05) is 0 Å². The number of thiophene rings is 1. The Bertz CT molecular complexity index is 613. The Morgan fingerprint density at radius 3 is 2.74 bits per heavy atom. The fourth-order valence-electron chi connectivity index (χ4n) is 2.49. The van der Waals surface area contributed by atoms with E-state index < -0.39 is 0 Å². The van der Waals surface area contributed by atoms with Crippen molar-refractivity contribution in [3.8, 4) is 0 Å². The first-order valence-corrected chi connectivity index (χ1v) is 8.63. The number of carbonyl (C=O) groups excluding carboxylic acids is 2. The van der Waals surface area contributed by atoms with Gasteiger partial charge >= 0.3 is 11.9 Å². The molecule has 0 saturated carbocycles. The van der Waals surface area contributed by atoms with E-state index in [1.165, 1.54) is 19.1 Å². The number of thiocarbonyl (C=S) groups is 1. The van der Waals surface area contributed by atoms with E-state index in [1.807, 2.05) is 0 Å². The zero-order chi connectivity index (χ0) is 16.8. The highest BCUT2D eigenvalue weighted by Crippen LogP contribution is 2.39. The lowest BCUT2D eigenvalue weighted by Crippen LogP contribution is -2.30. The van der Waals surface area contributed by atoms with Crippen molar-refractivity contribution in [1.82, 2.24) is 5.32 Å². The summed E-state index contributed by atoms with van der Waals surface area (Å²) in [6.45, 7) is 0.555. The van der Waals surface area contributed by atoms with Crippen LogP contribution < -0.4 is 10.6 Å². The summed E-state index contributed by atoms with van der Waals surface area (Å²) in [4.78, 5) is 24.3. The lowest BCUT2D eigenvalue weighted by Gasteiger charge is -2.10. The molecule has 0 bridgehead atoms. The van der Waals surface area contributed by atoms with Crippen LogP contribution in [0.3, 0.4) is 0 Å². The Morgan fingerprint density at radius 1 is 1.26 bits per heavy atom. The number of rotatable bonds is 6. The molecule has 0 fully saturated rings. The molecule has 1 aromatic rings. The van der Waals surface area contributed by atoms with Crippen LogP contribution in [0.5, 0.6) is 0 Å². The van der Waals surface area contributed by atoms with Gasteiger partial charge in [0.25, 0.3) is 0 Å². The van der Waals surface area contributed by atoms with Gasteiger partial charge in [0, 0.05) is 17.8 Å². The molecule has 0 unspecified atom stereocenters. The van der Waals surface area contributed by atoms with E-state index in [4.69, 9.17) is 17.0 Å². The molecule has 0 aromatic carbocycles. The molecule has 2 rings (SSSR count). The predicted octanol–water partition coefficient (Wildman–Crippen LogP) is 2.26. The van der Waals surface area contributed by atoms with E-state index in [1.54, 1.807) is 11.3 Å². The maximum atomic E-state index is 12.0. The molecule has 23 heavy (non-hydrogen) atoms.